The number of benzene rings is 1. The van der Waals surface area contributed by atoms with E-state index in [1.54, 1.807) is 28.0 Å². The van der Waals surface area contributed by atoms with Crippen LogP contribution in [0.15, 0.2) is 40.3 Å². The van der Waals surface area contributed by atoms with E-state index in [0.29, 0.717) is 0 Å². The predicted octanol–water partition coefficient (Wildman–Crippen LogP) is 3.34. The van der Waals surface area contributed by atoms with Crippen molar-refractivity contribution in [1.29, 1.82) is 0 Å². The molecule has 2 aromatic heterocycles. The highest BCUT2D eigenvalue weighted by atomic mass is 32.2. The molecule has 148 valence electrons. The average Bonchev–Trinajstić information content (AvgIpc) is 3.10. The summed E-state index contributed by atoms with van der Waals surface area (Å²) in [6.07, 6.45) is 4.50. The first-order chi connectivity index (χ1) is 13.7. The van der Waals surface area contributed by atoms with Gasteiger partial charge in [-0.05, 0) is 57.2 Å². The number of hydrogen-bond acceptors (Lipinski definition) is 4. The molecule has 0 radical (unpaired) electrons. The van der Waals surface area contributed by atoms with E-state index in [2.05, 4.69) is 13.8 Å². The van der Waals surface area contributed by atoms with Gasteiger partial charge in [0.1, 0.15) is 4.83 Å². The van der Waals surface area contributed by atoms with Crippen molar-refractivity contribution in [2.45, 2.75) is 44.7 Å². The van der Waals surface area contributed by atoms with Crippen molar-refractivity contribution in [3.63, 3.8) is 0 Å². The van der Waals surface area contributed by atoms with E-state index >= 15 is 0 Å². The number of quaternary nitrogens is 1. The Morgan fingerprint density at radius 1 is 1.14 bits per heavy atom. The summed E-state index contributed by atoms with van der Waals surface area (Å²) < 4.78 is 1.84. The van der Waals surface area contributed by atoms with Crippen LogP contribution >= 0.6 is 23.1 Å². The Labute approximate surface area is 174 Å². The van der Waals surface area contributed by atoms with Gasteiger partial charge in [0.15, 0.2) is 5.16 Å². The largest absolute Gasteiger partial charge is 0.335 e. The predicted molar refractivity (Wildman–Crippen MR) is 119 cm³/mol. The number of thiophene rings is 1. The molecule has 0 saturated heterocycles. The average molecular weight is 415 g/mol. The van der Waals surface area contributed by atoms with E-state index in [4.69, 9.17) is 4.98 Å². The standard InChI is InChI=1S/C22H27N3OS2/c1-3-24(4-2)14-15-27-22-23-20-19(17-12-8-9-13-18(17)28-20)21(26)25(22)16-10-6-5-7-11-16/h5-7,10-11H,3-4,8-9,12-15H2,1-2H3/p+1. The van der Waals surface area contributed by atoms with Gasteiger partial charge >= 0.3 is 0 Å². The number of fused-ring (bicyclic) bond motifs is 3. The third kappa shape index (κ3) is 3.78. The molecule has 2 heterocycles. The Balaban J connectivity index is 1.79. The molecule has 1 N–H and O–H groups in total. The Kier molecular flexibility index (Phi) is 6.19. The lowest BCUT2D eigenvalue weighted by Crippen LogP contribution is -3.11. The first-order valence-corrected chi connectivity index (χ1v) is 12.1. The number of para-hydroxylation sites is 1. The molecule has 0 spiro atoms. The molecule has 0 bridgehead atoms. The van der Waals surface area contributed by atoms with Gasteiger partial charge in [-0.1, -0.05) is 30.0 Å². The van der Waals surface area contributed by atoms with Crippen LogP contribution in [-0.2, 0) is 12.8 Å². The van der Waals surface area contributed by atoms with E-state index in [1.807, 2.05) is 34.9 Å². The summed E-state index contributed by atoms with van der Waals surface area (Å²) >= 11 is 3.45. The topological polar surface area (TPSA) is 39.3 Å². The molecule has 1 aromatic carbocycles. The van der Waals surface area contributed by atoms with Gasteiger partial charge in [-0.15, -0.1) is 11.3 Å². The lowest BCUT2D eigenvalue weighted by molar-refractivity contribution is -0.893. The van der Waals surface area contributed by atoms with Crippen LogP contribution in [0.3, 0.4) is 0 Å². The molecular formula is C22H28N3OS2+. The third-order valence-electron chi connectivity index (χ3n) is 5.66. The van der Waals surface area contributed by atoms with Crippen LogP contribution in [0.5, 0.6) is 0 Å². The van der Waals surface area contributed by atoms with Crippen LogP contribution in [0.2, 0.25) is 0 Å². The highest BCUT2D eigenvalue weighted by Gasteiger charge is 2.23. The Morgan fingerprint density at radius 2 is 1.89 bits per heavy atom. The Morgan fingerprint density at radius 3 is 2.64 bits per heavy atom. The lowest BCUT2D eigenvalue weighted by Gasteiger charge is -2.16. The van der Waals surface area contributed by atoms with Crippen molar-refractivity contribution in [1.82, 2.24) is 9.55 Å². The third-order valence-corrected chi connectivity index (χ3v) is 7.79. The smallest absolute Gasteiger partial charge is 0.267 e. The van der Waals surface area contributed by atoms with Gasteiger partial charge in [-0.25, -0.2) is 4.98 Å². The molecule has 1 aliphatic carbocycles. The van der Waals surface area contributed by atoms with E-state index in [9.17, 15) is 4.79 Å². The molecule has 4 nitrogen and oxygen atoms in total. The normalized spacial score (nSPS) is 14.0. The van der Waals surface area contributed by atoms with E-state index < -0.39 is 0 Å². The van der Waals surface area contributed by atoms with Crippen molar-refractivity contribution >= 4 is 33.3 Å². The van der Waals surface area contributed by atoms with Crippen molar-refractivity contribution in [2.24, 2.45) is 0 Å². The molecule has 0 unspecified atom stereocenters. The molecule has 0 amide bonds. The highest BCUT2D eigenvalue weighted by Crippen LogP contribution is 2.35. The van der Waals surface area contributed by atoms with Crippen LogP contribution in [0.4, 0.5) is 0 Å². The van der Waals surface area contributed by atoms with E-state index in [-0.39, 0.29) is 5.56 Å². The van der Waals surface area contributed by atoms with Crippen LogP contribution in [0.1, 0.15) is 37.1 Å². The molecule has 0 saturated carbocycles. The SMILES string of the molecule is CC[NH+](CC)CCSc1nc2sc3c(c2c(=O)n1-c1ccccc1)CCCC3. The van der Waals surface area contributed by atoms with E-state index in [1.165, 1.54) is 23.3 Å². The fourth-order valence-electron chi connectivity index (χ4n) is 3.98. The van der Waals surface area contributed by atoms with Crippen LogP contribution in [-0.4, -0.2) is 34.9 Å². The Bertz CT molecular complexity index is 1010. The zero-order valence-electron chi connectivity index (χ0n) is 16.7. The summed E-state index contributed by atoms with van der Waals surface area (Å²) in [5, 5.41) is 1.69. The lowest BCUT2D eigenvalue weighted by atomic mass is 9.97. The summed E-state index contributed by atoms with van der Waals surface area (Å²) in [6, 6.07) is 9.98. The number of nitrogens with one attached hydrogen (secondary N) is 1. The maximum atomic E-state index is 13.6. The molecular weight excluding hydrogens is 386 g/mol. The second-order valence-electron chi connectivity index (χ2n) is 7.32. The summed E-state index contributed by atoms with van der Waals surface area (Å²) in [7, 11) is 0. The van der Waals surface area contributed by atoms with Gasteiger partial charge in [0.25, 0.3) is 5.56 Å². The van der Waals surface area contributed by atoms with Crippen molar-refractivity contribution in [2.75, 3.05) is 25.4 Å². The second-order valence-corrected chi connectivity index (χ2v) is 9.46. The van der Waals surface area contributed by atoms with Crippen LogP contribution in [0, 0.1) is 0 Å². The van der Waals surface area contributed by atoms with Crippen LogP contribution < -0.4 is 10.5 Å². The molecule has 6 heteroatoms. The quantitative estimate of drug-likeness (QED) is 0.476. The molecule has 0 atom stereocenters. The van der Waals surface area contributed by atoms with Gasteiger partial charge in [0.05, 0.1) is 36.5 Å². The Hall–Kier alpha value is -1.63. The van der Waals surface area contributed by atoms with Crippen molar-refractivity contribution < 1.29 is 4.90 Å². The number of aromatic nitrogens is 2. The van der Waals surface area contributed by atoms with Gasteiger partial charge in [-0.2, -0.15) is 0 Å². The molecule has 28 heavy (non-hydrogen) atoms. The fraction of sp³-hybridized carbons (Fsp3) is 0.455. The molecule has 4 rings (SSSR count). The number of hydrogen-bond donors (Lipinski definition) is 1. The number of nitrogens with zero attached hydrogens (tertiary/aromatic N) is 2. The van der Waals surface area contributed by atoms with Gasteiger partial charge in [0.2, 0.25) is 0 Å². The van der Waals surface area contributed by atoms with Gasteiger partial charge < -0.3 is 4.90 Å². The van der Waals surface area contributed by atoms with Crippen molar-refractivity contribution in [3.05, 3.63) is 51.1 Å². The van der Waals surface area contributed by atoms with Gasteiger partial charge in [0, 0.05) is 4.88 Å². The summed E-state index contributed by atoms with van der Waals surface area (Å²) in [4.78, 5) is 22.5. The fourth-order valence-corrected chi connectivity index (χ4v) is 6.33. The molecule has 0 aliphatic heterocycles. The molecule has 1 aliphatic rings. The first kappa shape index (κ1) is 19.7. The minimum absolute atomic E-state index is 0.105. The maximum absolute atomic E-state index is 13.6. The minimum Gasteiger partial charge on any atom is -0.335 e. The van der Waals surface area contributed by atoms with E-state index in [0.717, 1.165) is 59.3 Å². The first-order valence-electron chi connectivity index (χ1n) is 10.3. The summed E-state index contributed by atoms with van der Waals surface area (Å²) in [5.74, 6) is 0.965. The second kappa shape index (κ2) is 8.80. The molecule has 3 aromatic rings. The number of aryl methyl sites for hydroxylation is 2. The monoisotopic (exact) mass is 414 g/mol. The molecule has 0 fully saturated rings. The van der Waals surface area contributed by atoms with Crippen LogP contribution in [0.25, 0.3) is 15.9 Å². The number of rotatable bonds is 7. The zero-order valence-corrected chi connectivity index (χ0v) is 18.3. The summed E-state index contributed by atoms with van der Waals surface area (Å²) in [5.41, 5.74) is 2.28. The number of thioether (sulfide) groups is 1. The highest BCUT2D eigenvalue weighted by molar-refractivity contribution is 7.99. The van der Waals surface area contributed by atoms with Gasteiger partial charge in [-0.3, -0.25) is 9.36 Å². The minimum atomic E-state index is 0.105. The summed E-state index contributed by atoms with van der Waals surface area (Å²) in [6.45, 7) is 7.80. The zero-order chi connectivity index (χ0) is 19.5. The maximum Gasteiger partial charge on any atom is 0.267 e. The van der Waals surface area contributed by atoms with Crippen molar-refractivity contribution in [3.8, 4) is 5.69 Å².